The van der Waals surface area contributed by atoms with Crippen molar-refractivity contribution in [3.05, 3.63) is 28.8 Å². The fraction of sp³-hybridized carbons (Fsp3) is 0.682. The van der Waals surface area contributed by atoms with Crippen LogP contribution in [0.3, 0.4) is 0 Å². The first-order valence-corrected chi connectivity index (χ1v) is 12.5. The lowest BCUT2D eigenvalue weighted by Gasteiger charge is -2.30. The zero-order valence-electron chi connectivity index (χ0n) is 18.6. The average Bonchev–Trinajstić information content (AvgIpc) is 3.24. The molecule has 0 bridgehead atoms. The Bertz CT molecular complexity index is 844. The lowest BCUT2D eigenvalue weighted by Crippen LogP contribution is -2.50. The van der Waals surface area contributed by atoms with E-state index in [1.807, 2.05) is 26.8 Å². The zero-order valence-corrected chi connectivity index (χ0v) is 19.4. The molecule has 0 atom stereocenters. The molecule has 0 spiro atoms. The largest absolute Gasteiger partial charge is 0.339 e. The van der Waals surface area contributed by atoms with Crippen LogP contribution in [-0.4, -0.2) is 87.3 Å². The topological polar surface area (TPSA) is 73.0 Å². The molecule has 2 aliphatic heterocycles. The highest BCUT2D eigenvalue weighted by atomic mass is 32.2. The number of aryl methyl sites for hydroxylation is 3. The summed E-state index contributed by atoms with van der Waals surface area (Å²) in [6.07, 6.45) is 3.16. The number of hydrogen-bond acceptors (Lipinski definition) is 5. The van der Waals surface area contributed by atoms with Crippen LogP contribution < -0.4 is 5.32 Å². The summed E-state index contributed by atoms with van der Waals surface area (Å²) in [5.74, 6) is -0.109. The fourth-order valence-electron chi connectivity index (χ4n) is 4.28. The van der Waals surface area contributed by atoms with E-state index in [1.165, 1.54) is 17.1 Å². The highest BCUT2D eigenvalue weighted by Gasteiger charge is 2.30. The molecule has 1 amide bonds. The molecule has 7 nitrogen and oxygen atoms in total. The molecule has 2 fully saturated rings. The first-order valence-electron chi connectivity index (χ1n) is 11.1. The number of nitrogens with one attached hydrogen (secondary N) is 1. The van der Waals surface area contributed by atoms with Crippen LogP contribution in [0.4, 0.5) is 0 Å². The number of rotatable bonds is 8. The molecule has 3 rings (SSSR count). The molecule has 0 unspecified atom stereocenters. The Labute approximate surface area is 181 Å². The number of sulfonamides is 1. The van der Waals surface area contributed by atoms with E-state index in [2.05, 4.69) is 10.2 Å². The summed E-state index contributed by atoms with van der Waals surface area (Å²) in [6.45, 7) is 11.8. The molecule has 1 aromatic carbocycles. The highest BCUT2D eigenvalue weighted by molar-refractivity contribution is 7.89. The van der Waals surface area contributed by atoms with E-state index in [-0.39, 0.29) is 12.5 Å². The lowest BCUT2D eigenvalue weighted by molar-refractivity contribution is -0.132. The van der Waals surface area contributed by atoms with E-state index in [9.17, 15) is 13.2 Å². The van der Waals surface area contributed by atoms with Crippen molar-refractivity contribution in [1.82, 2.24) is 19.4 Å². The molecule has 0 saturated carbocycles. The first-order chi connectivity index (χ1) is 14.3. The van der Waals surface area contributed by atoms with Gasteiger partial charge in [-0.15, -0.1) is 0 Å². The quantitative estimate of drug-likeness (QED) is 0.669. The second kappa shape index (κ2) is 10.2. The van der Waals surface area contributed by atoms with Crippen molar-refractivity contribution in [2.24, 2.45) is 0 Å². The number of hydrogen-bond donors (Lipinski definition) is 1. The van der Waals surface area contributed by atoms with Gasteiger partial charge >= 0.3 is 0 Å². The first kappa shape index (κ1) is 23.2. The van der Waals surface area contributed by atoms with Crippen molar-refractivity contribution < 1.29 is 13.2 Å². The van der Waals surface area contributed by atoms with E-state index < -0.39 is 10.0 Å². The molecule has 168 valence electrons. The van der Waals surface area contributed by atoms with Gasteiger partial charge in [0.2, 0.25) is 15.9 Å². The molecular formula is C22H36N4O3S. The number of likely N-dealkylation sites (tertiary alicyclic amines) is 1. The van der Waals surface area contributed by atoms with Gasteiger partial charge in [0.25, 0.3) is 0 Å². The van der Waals surface area contributed by atoms with Crippen molar-refractivity contribution >= 4 is 15.9 Å². The fourth-order valence-corrected chi connectivity index (χ4v) is 6.00. The Morgan fingerprint density at radius 1 is 1.00 bits per heavy atom. The van der Waals surface area contributed by atoms with Crippen LogP contribution in [-0.2, 0) is 14.8 Å². The molecule has 2 heterocycles. The Morgan fingerprint density at radius 2 is 1.63 bits per heavy atom. The molecule has 1 N–H and O–H groups in total. The smallest absolute Gasteiger partial charge is 0.243 e. The summed E-state index contributed by atoms with van der Waals surface area (Å²) in [5, 5.41) is 3.23. The van der Waals surface area contributed by atoms with Gasteiger partial charge in [-0.05, 0) is 82.4 Å². The molecule has 30 heavy (non-hydrogen) atoms. The van der Waals surface area contributed by atoms with Crippen LogP contribution in [0.1, 0.15) is 36.0 Å². The van der Waals surface area contributed by atoms with E-state index >= 15 is 0 Å². The highest BCUT2D eigenvalue weighted by Crippen LogP contribution is 2.24. The molecule has 8 heteroatoms. The Balaban J connectivity index is 1.79. The minimum Gasteiger partial charge on any atom is -0.339 e. The van der Waals surface area contributed by atoms with Crippen molar-refractivity contribution in [1.29, 1.82) is 0 Å². The summed E-state index contributed by atoms with van der Waals surface area (Å²) in [6, 6.07) is 3.67. The number of piperazine rings is 1. The lowest BCUT2D eigenvalue weighted by atomic mass is 10.1. The summed E-state index contributed by atoms with van der Waals surface area (Å²) >= 11 is 0. The standard InChI is InChI=1S/C22H36N4O3S/c1-18-15-20(3)21(16-19(18)2)30(28,29)26(12-6-11-24-9-4-5-10-24)17-22(27)25-13-7-23-8-14-25/h15-16,23H,4-14,17H2,1-3H3. The van der Waals surface area contributed by atoms with Gasteiger partial charge in [0.05, 0.1) is 11.4 Å². The van der Waals surface area contributed by atoms with Crippen LogP contribution in [0.25, 0.3) is 0 Å². The van der Waals surface area contributed by atoms with Gasteiger partial charge in [0.15, 0.2) is 0 Å². The predicted octanol–water partition coefficient (Wildman–Crippen LogP) is 1.52. The minimum absolute atomic E-state index is 0.0886. The van der Waals surface area contributed by atoms with E-state index in [0.717, 1.165) is 55.8 Å². The van der Waals surface area contributed by atoms with Gasteiger partial charge < -0.3 is 15.1 Å². The predicted molar refractivity (Wildman–Crippen MR) is 119 cm³/mol. The van der Waals surface area contributed by atoms with Crippen LogP contribution >= 0.6 is 0 Å². The van der Waals surface area contributed by atoms with Crippen molar-refractivity contribution in [3.63, 3.8) is 0 Å². The van der Waals surface area contributed by atoms with E-state index in [0.29, 0.717) is 24.5 Å². The number of carbonyl (C=O) groups excluding carboxylic acids is 1. The maximum absolute atomic E-state index is 13.6. The summed E-state index contributed by atoms with van der Waals surface area (Å²) in [4.78, 5) is 17.4. The molecular weight excluding hydrogens is 400 g/mol. The second-order valence-electron chi connectivity index (χ2n) is 8.57. The van der Waals surface area contributed by atoms with Gasteiger partial charge in [0, 0.05) is 32.7 Å². The van der Waals surface area contributed by atoms with Gasteiger partial charge in [-0.2, -0.15) is 4.31 Å². The number of carbonyl (C=O) groups is 1. The van der Waals surface area contributed by atoms with Crippen molar-refractivity contribution in [2.75, 3.05) is 58.9 Å². The van der Waals surface area contributed by atoms with Crippen molar-refractivity contribution in [3.8, 4) is 0 Å². The normalized spacial score (nSPS) is 18.3. The van der Waals surface area contributed by atoms with Crippen LogP contribution in [0, 0.1) is 20.8 Å². The van der Waals surface area contributed by atoms with Gasteiger partial charge in [0.1, 0.15) is 0 Å². The minimum atomic E-state index is -3.75. The van der Waals surface area contributed by atoms with Gasteiger partial charge in [-0.1, -0.05) is 6.07 Å². The van der Waals surface area contributed by atoms with Gasteiger partial charge in [-0.3, -0.25) is 4.79 Å². The molecule has 0 aromatic heterocycles. The molecule has 0 radical (unpaired) electrons. The van der Waals surface area contributed by atoms with Gasteiger partial charge in [-0.25, -0.2) is 8.42 Å². The maximum Gasteiger partial charge on any atom is 0.243 e. The Hall–Kier alpha value is -1.48. The molecule has 0 aliphatic carbocycles. The monoisotopic (exact) mass is 436 g/mol. The summed E-state index contributed by atoms with van der Waals surface area (Å²) < 4.78 is 28.6. The Morgan fingerprint density at radius 3 is 2.30 bits per heavy atom. The molecule has 2 saturated heterocycles. The third-order valence-electron chi connectivity index (χ3n) is 6.27. The van der Waals surface area contributed by atoms with Crippen LogP contribution in [0.2, 0.25) is 0 Å². The third-order valence-corrected chi connectivity index (χ3v) is 8.26. The average molecular weight is 437 g/mol. The van der Waals surface area contributed by atoms with E-state index in [4.69, 9.17) is 0 Å². The Kier molecular flexibility index (Phi) is 7.90. The third kappa shape index (κ3) is 5.60. The van der Waals surface area contributed by atoms with Crippen LogP contribution in [0.15, 0.2) is 17.0 Å². The number of nitrogens with zero attached hydrogens (tertiary/aromatic N) is 3. The van der Waals surface area contributed by atoms with Crippen molar-refractivity contribution in [2.45, 2.75) is 44.9 Å². The summed E-state index contributed by atoms with van der Waals surface area (Å²) in [5.41, 5.74) is 2.76. The zero-order chi connectivity index (χ0) is 21.7. The van der Waals surface area contributed by atoms with E-state index in [1.54, 1.807) is 11.0 Å². The number of amides is 1. The summed E-state index contributed by atoms with van der Waals surface area (Å²) in [7, 11) is -3.75. The molecule has 2 aliphatic rings. The molecule has 1 aromatic rings. The SMILES string of the molecule is Cc1cc(C)c(S(=O)(=O)N(CCCN2CCCC2)CC(=O)N2CCNCC2)cc1C. The second-order valence-corrected chi connectivity index (χ2v) is 10.5. The van der Waals surface area contributed by atoms with Crippen LogP contribution in [0.5, 0.6) is 0 Å². The number of benzene rings is 1. The maximum atomic E-state index is 13.6.